The zero-order valence-corrected chi connectivity index (χ0v) is 17.0. The first-order valence-electron chi connectivity index (χ1n) is 9.78. The van der Waals surface area contributed by atoms with Crippen LogP contribution in [0.4, 0.5) is 5.69 Å². The standard InChI is InChI=1S/C20H25N5O3.ClH/c26-19-14-28-18-7-2-1-6-17(18)24(19)11-4-10-22-20(27)16-8-12-25(23-16)15-5-3-9-21-13-15;/h1-2,6-8,12,15,21H,3-5,9-11,13-14H2,(H,22,27);1H. The van der Waals surface area contributed by atoms with Gasteiger partial charge in [0, 0.05) is 25.8 Å². The second-order valence-electron chi connectivity index (χ2n) is 7.09. The highest BCUT2D eigenvalue weighted by Gasteiger charge is 2.24. The van der Waals surface area contributed by atoms with E-state index in [0.29, 0.717) is 37.0 Å². The van der Waals surface area contributed by atoms with Crippen molar-refractivity contribution in [3.63, 3.8) is 0 Å². The second-order valence-corrected chi connectivity index (χ2v) is 7.09. The summed E-state index contributed by atoms with van der Waals surface area (Å²) < 4.78 is 7.32. The summed E-state index contributed by atoms with van der Waals surface area (Å²) in [6.07, 6.45) is 4.72. The number of ether oxygens (including phenoxy) is 1. The Bertz CT molecular complexity index is 850. The quantitative estimate of drug-likeness (QED) is 0.697. The van der Waals surface area contributed by atoms with Crippen molar-refractivity contribution in [2.45, 2.75) is 25.3 Å². The first-order chi connectivity index (χ1) is 13.7. The number of anilines is 1. The van der Waals surface area contributed by atoms with E-state index in [1.807, 2.05) is 35.1 Å². The van der Waals surface area contributed by atoms with Crippen molar-refractivity contribution in [2.75, 3.05) is 37.7 Å². The Balaban J connectivity index is 0.00000240. The largest absolute Gasteiger partial charge is 0.482 e. The summed E-state index contributed by atoms with van der Waals surface area (Å²) >= 11 is 0. The van der Waals surface area contributed by atoms with Crippen LogP contribution in [0.1, 0.15) is 35.8 Å². The molecule has 0 spiro atoms. The molecule has 9 heteroatoms. The molecule has 2 aliphatic heterocycles. The summed E-state index contributed by atoms with van der Waals surface area (Å²) in [7, 11) is 0. The highest BCUT2D eigenvalue weighted by molar-refractivity contribution is 5.97. The van der Waals surface area contributed by atoms with Gasteiger partial charge in [0.2, 0.25) is 0 Å². The fraction of sp³-hybridized carbons (Fsp3) is 0.450. The Labute approximate surface area is 176 Å². The number of nitrogens with zero attached hydrogens (tertiary/aromatic N) is 3. The van der Waals surface area contributed by atoms with Gasteiger partial charge in [-0.3, -0.25) is 14.3 Å². The van der Waals surface area contributed by atoms with Crippen LogP contribution in [0.5, 0.6) is 5.75 Å². The second kappa shape index (κ2) is 9.76. The lowest BCUT2D eigenvalue weighted by Crippen LogP contribution is -2.40. The molecule has 1 fully saturated rings. The van der Waals surface area contributed by atoms with E-state index < -0.39 is 0 Å². The normalized spacial score (nSPS) is 18.4. The molecule has 1 aromatic carbocycles. The summed E-state index contributed by atoms with van der Waals surface area (Å²) in [5.74, 6) is 0.468. The van der Waals surface area contributed by atoms with E-state index in [9.17, 15) is 9.59 Å². The van der Waals surface area contributed by atoms with Crippen molar-refractivity contribution in [3.8, 4) is 5.75 Å². The number of hydrogen-bond donors (Lipinski definition) is 2. The zero-order chi connectivity index (χ0) is 19.3. The minimum Gasteiger partial charge on any atom is -0.482 e. The smallest absolute Gasteiger partial charge is 0.271 e. The average molecular weight is 420 g/mol. The van der Waals surface area contributed by atoms with Gasteiger partial charge in [-0.1, -0.05) is 12.1 Å². The Morgan fingerprint density at radius 2 is 2.17 bits per heavy atom. The molecule has 0 aliphatic carbocycles. The molecule has 8 nitrogen and oxygen atoms in total. The lowest BCUT2D eigenvalue weighted by Gasteiger charge is -2.29. The van der Waals surface area contributed by atoms with Crippen molar-refractivity contribution in [1.82, 2.24) is 20.4 Å². The number of halogens is 1. The minimum atomic E-state index is -0.184. The van der Waals surface area contributed by atoms with Gasteiger partial charge in [0.05, 0.1) is 11.7 Å². The summed E-state index contributed by atoms with van der Waals surface area (Å²) in [5.41, 5.74) is 1.21. The lowest BCUT2D eigenvalue weighted by molar-refractivity contribution is -0.121. The van der Waals surface area contributed by atoms with Crippen molar-refractivity contribution < 1.29 is 14.3 Å². The predicted octanol–water partition coefficient (Wildman–Crippen LogP) is 1.77. The Kier molecular flexibility index (Phi) is 7.11. The Hall–Kier alpha value is -2.58. The predicted molar refractivity (Wildman–Crippen MR) is 112 cm³/mol. The average Bonchev–Trinajstić information content (AvgIpc) is 3.23. The van der Waals surface area contributed by atoms with Gasteiger partial charge in [-0.2, -0.15) is 5.10 Å². The molecule has 2 amide bonds. The van der Waals surface area contributed by atoms with Gasteiger partial charge in [-0.05, 0) is 44.0 Å². The molecular weight excluding hydrogens is 394 g/mol. The number of nitrogens with one attached hydrogen (secondary N) is 2. The first kappa shape index (κ1) is 21.1. The van der Waals surface area contributed by atoms with Crippen LogP contribution < -0.4 is 20.3 Å². The van der Waals surface area contributed by atoms with Crippen molar-refractivity contribution in [2.24, 2.45) is 0 Å². The van der Waals surface area contributed by atoms with E-state index in [4.69, 9.17) is 4.74 Å². The van der Waals surface area contributed by atoms with Crippen molar-refractivity contribution in [3.05, 3.63) is 42.2 Å². The van der Waals surface area contributed by atoms with Crippen LogP contribution in [0.25, 0.3) is 0 Å². The maximum absolute atomic E-state index is 12.4. The van der Waals surface area contributed by atoms with Gasteiger partial charge >= 0.3 is 0 Å². The summed E-state index contributed by atoms with van der Waals surface area (Å²) in [4.78, 5) is 26.2. The number of fused-ring (bicyclic) bond motifs is 1. The molecule has 0 saturated carbocycles. The fourth-order valence-corrected chi connectivity index (χ4v) is 3.65. The zero-order valence-electron chi connectivity index (χ0n) is 16.2. The molecule has 4 rings (SSSR count). The molecule has 1 atom stereocenters. The number of aromatic nitrogens is 2. The summed E-state index contributed by atoms with van der Waals surface area (Å²) in [6, 6.07) is 9.56. The summed E-state index contributed by atoms with van der Waals surface area (Å²) in [5, 5.41) is 10.7. The van der Waals surface area contributed by atoms with Crippen molar-refractivity contribution in [1.29, 1.82) is 0 Å². The highest BCUT2D eigenvalue weighted by Crippen LogP contribution is 2.31. The van der Waals surface area contributed by atoms with Gasteiger partial charge in [0.25, 0.3) is 11.8 Å². The molecule has 29 heavy (non-hydrogen) atoms. The summed E-state index contributed by atoms with van der Waals surface area (Å²) in [6.45, 7) is 2.99. The molecule has 1 aromatic heterocycles. The minimum absolute atomic E-state index is 0. The number of rotatable bonds is 6. The third-order valence-electron chi connectivity index (χ3n) is 5.14. The number of piperidine rings is 1. The van der Waals surface area contributed by atoms with Gasteiger partial charge in [-0.15, -0.1) is 12.4 Å². The number of carbonyl (C=O) groups is 2. The number of hydrogen-bond acceptors (Lipinski definition) is 5. The Morgan fingerprint density at radius 1 is 1.31 bits per heavy atom. The van der Waals surface area contributed by atoms with E-state index >= 15 is 0 Å². The van der Waals surface area contributed by atoms with Gasteiger partial charge < -0.3 is 20.3 Å². The maximum Gasteiger partial charge on any atom is 0.271 e. The number of benzene rings is 1. The van der Waals surface area contributed by atoms with Crippen LogP contribution in [-0.4, -0.2) is 54.4 Å². The van der Waals surface area contributed by atoms with Crippen LogP contribution in [0, 0.1) is 0 Å². The van der Waals surface area contributed by atoms with Gasteiger partial charge in [0.1, 0.15) is 11.4 Å². The number of para-hydroxylation sites is 2. The van der Waals surface area contributed by atoms with E-state index in [1.54, 1.807) is 11.0 Å². The Morgan fingerprint density at radius 3 is 3.00 bits per heavy atom. The van der Waals surface area contributed by atoms with Crippen molar-refractivity contribution >= 4 is 29.9 Å². The van der Waals surface area contributed by atoms with Crippen LogP contribution in [-0.2, 0) is 4.79 Å². The van der Waals surface area contributed by atoms with Crippen LogP contribution in [0.2, 0.25) is 0 Å². The van der Waals surface area contributed by atoms with Gasteiger partial charge in [-0.25, -0.2) is 0 Å². The van der Waals surface area contributed by atoms with E-state index in [1.165, 1.54) is 0 Å². The lowest BCUT2D eigenvalue weighted by atomic mass is 10.1. The maximum atomic E-state index is 12.4. The third kappa shape index (κ3) is 4.89. The van der Waals surface area contributed by atoms with E-state index in [0.717, 1.165) is 31.6 Å². The topological polar surface area (TPSA) is 88.5 Å². The monoisotopic (exact) mass is 419 g/mol. The third-order valence-corrected chi connectivity index (χ3v) is 5.14. The molecule has 2 N–H and O–H groups in total. The highest BCUT2D eigenvalue weighted by atomic mass is 35.5. The molecule has 156 valence electrons. The number of amides is 2. The van der Waals surface area contributed by atoms with E-state index in [2.05, 4.69) is 15.7 Å². The fourth-order valence-electron chi connectivity index (χ4n) is 3.65. The first-order valence-corrected chi connectivity index (χ1v) is 9.78. The van der Waals surface area contributed by atoms with Gasteiger partial charge in [0.15, 0.2) is 6.61 Å². The molecule has 0 radical (unpaired) electrons. The van der Waals surface area contributed by atoms with Crippen LogP contribution >= 0.6 is 12.4 Å². The molecule has 1 unspecified atom stereocenters. The molecular formula is C20H26ClN5O3. The van der Waals surface area contributed by atoms with E-state index in [-0.39, 0.29) is 30.8 Å². The van der Waals surface area contributed by atoms with Crippen LogP contribution in [0.3, 0.4) is 0 Å². The molecule has 0 bridgehead atoms. The molecule has 1 saturated heterocycles. The number of carbonyl (C=O) groups excluding carboxylic acids is 2. The van der Waals surface area contributed by atoms with Crippen LogP contribution in [0.15, 0.2) is 36.5 Å². The molecule has 2 aliphatic rings. The molecule has 3 heterocycles. The SMILES string of the molecule is Cl.O=C(NCCCN1C(=O)COc2ccccc21)c1ccn(C2CCCNC2)n1. The molecule has 2 aromatic rings.